The van der Waals surface area contributed by atoms with Crippen molar-refractivity contribution in [3.05, 3.63) is 0 Å². The van der Waals surface area contributed by atoms with Crippen molar-refractivity contribution in [2.45, 2.75) is 45.1 Å². The summed E-state index contributed by atoms with van der Waals surface area (Å²) in [7, 11) is 0. The van der Waals surface area contributed by atoms with Crippen molar-refractivity contribution >= 4 is 12.0 Å². The van der Waals surface area contributed by atoms with Gasteiger partial charge < -0.3 is 19.6 Å². The second-order valence-corrected chi connectivity index (χ2v) is 6.01. The fourth-order valence-corrected chi connectivity index (χ4v) is 2.93. The third-order valence-electron chi connectivity index (χ3n) is 4.51. The molecule has 0 atom stereocenters. The summed E-state index contributed by atoms with van der Waals surface area (Å²) < 4.78 is 5.30. The van der Waals surface area contributed by atoms with E-state index in [4.69, 9.17) is 9.84 Å². The number of ether oxygens (including phenoxy) is 1. The minimum absolute atomic E-state index is 0.0353. The van der Waals surface area contributed by atoms with E-state index in [0.29, 0.717) is 19.0 Å². The molecule has 0 unspecified atom stereocenters. The maximum absolute atomic E-state index is 12.5. The molecule has 21 heavy (non-hydrogen) atoms. The van der Waals surface area contributed by atoms with E-state index >= 15 is 0 Å². The molecule has 0 spiro atoms. The highest BCUT2D eigenvalue weighted by molar-refractivity contribution is 5.74. The number of amides is 2. The molecule has 1 aliphatic carbocycles. The first-order chi connectivity index (χ1) is 10.1. The maximum Gasteiger partial charge on any atom is 0.329 e. The average molecular weight is 298 g/mol. The van der Waals surface area contributed by atoms with Gasteiger partial charge in [0.1, 0.15) is 6.61 Å². The highest BCUT2D eigenvalue weighted by atomic mass is 16.5. The maximum atomic E-state index is 12.5. The van der Waals surface area contributed by atoms with Crippen LogP contribution in [-0.2, 0) is 9.53 Å². The molecule has 1 N–H and O–H groups in total. The van der Waals surface area contributed by atoms with Crippen LogP contribution >= 0.6 is 0 Å². The Morgan fingerprint density at radius 2 is 1.90 bits per heavy atom. The zero-order valence-corrected chi connectivity index (χ0v) is 12.8. The van der Waals surface area contributed by atoms with Crippen LogP contribution in [0, 0.1) is 5.92 Å². The molecular weight excluding hydrogens is 272 g/mol. The van der Waals surface area contributed by atoms with Crippen molar-refractivity contribution in [3.8, 4) is 0 Å². The Labute approximate surface area is 126 Å². The van der Waals surface area contributed by atoms with Gasteiger partial charge in [0.05, 0.1) is 6.10 Å². The van der Waals surface area contributed by atoms with Crippen LogP contribution in [0.1, 0.15) is 39.0 Å². The molecule has 1 saturated carbocycles. The van der Waals surface area contributed by atoms with Gasteiger partial charge in [-0.2, -0.15) is 0 Å². The summed E-state index contributed by atoms with van der Waals surface area (Å²) in [6, 6.07) is 0.126. The summed E-state index contributed by atoms with van der Waals surface area (Å²) in [5.41, 5.74) is 0. The summed E-state index contributed by atoms with van der Waals surface area (Å²) >= 11 is 0. The molecule has 120 valence electrons. The van der Waals surface area contributed by atoms with Gasteiger partial charge in [0.25, 0.3) is 0 Å². The number of hydrogen-bond donors (Lipinski definition) is 1. The summed E-state index contributed by atoms with van der Waals surface area (Å²) in [5, 5.41) is 8.61. The van der Waals surface area contributed by atoms with Crippen molar-refractivity contribution in [2.24, 2.45) is 5.92 Å². The number of carbonyl (C=O) groups excluding carboxylic acids is 1. The second-order valence-electron chi connectivity index (χ2n) is 6.01. The molecule has 2 rings (SSSR count). The van der Waals surface area contributed by atoms with Gasteiger partial charge in [0, 0.05) is 26.2 Å². The number of hydrogen-bond acceptors (Lipinski definition) is 3. The van der Waals surface area contributed by atoms with Crippen LogP contribution in [0.3, 0.4) is 0 Å². The van der Waals surface area contributed by atoms with Gasteiger partial charge in [-0.1, -0.05) is 6.42 Å². The minimum atomic E-state index is -0.939. The smallest absolute Gasteiger partial charge is 0.329 e. The van der Waals surface area contributed by atoms with Crippen LogP contribution < -0.4 is 0 Å². The Hall–Kier alpha value is -1.30. The number of nitrogens with zero attached hydrogens (tertiary/aromatic N) is 2. The lowest BCUT2D eigenvalue weighted by atomic mass is 9.85. The van der Waals surface area contributed by atoms with Gasteiger partial charge in [0.15, 0.2) is 0 Å². The summed E-state index contributed by atoms with van der Waals surface area (Å²) in [6.45, 7) is 4.73. The average Bonchev–Trinajstić information content (AvgIpc) is 2.44. The largest absolute Gasteiger partial charge is 0.480 e. The SMILES string of the molecule is CCN(CC1CCC1)C(=O)N1CCC(OCC(=O)O)CC1. The first-order valence-corrected chi connectivity index (χ1v) is 7.97. The predicted octanol–water partition coefficient (Wildman–Crippen LogP) is 1.79. The third-order valence-corrected chi connectivity index (χ3v) is 4.51. The molecular formula is C15H26N2O4. The van der Waals surface area contributed by atoms with Crippen LogP contribution in [0.2, 0.25) is 0 Å². The number of carboxylic acid groups (broad SMARTS) is 1. The third kappa shape index (κ3) is 4.59. The first-order valence-electron chi connectivity index (χ1n) is 7.97. The van der Waals surface area contributed by atoms with Crippen LogP contribution in [0.15, 0.2) is 0 Å². The van der Waals surface area contributed by atoms with Crippen LogP contribution in [-0.4, -0.2) is 65.8 Å². The van der Waals surface area contributed by atoms with E-state index in [1.807, 2.05) is 16.7 Å². The molecule has 0 aromatic heterocycles. The summed E-state index contributed by atoms with van der Waals surface area (Å²) in [5.74, 6) is -0.253. The lowest BCUT2D eigenvalue weighted by molar-refractivity contribution is -0.145. The number of urea groups is 1. The van der Waals surface area contributed by atoms with Crippen LogP contribution in [0.4, 0.5) is 4.79 Å². The number of piperidine rings is 1. The van der Waals surface area contributed by atoms with Crippen LogP contribution in [0.5, 0.6) is 0 Å². The monoisotopic (exact) mass is 298 g/mol. The van der Waals surface area contributed by atoms with Gasteiger partial charge in [0.2, 0.25) is 0 Å². The van der Waals surface area contributed by atoms with E-state index in [-0.39, 0.29) is 18.7 Å². The standard InChI is InChI=1S/C15H26N2O4/c1-2-16(10-12-4-3-5-12)15(20)17-8-6-13(7-9-17)21-11-14(18)19/h12-13H,2-11H2,1H3,(H,18,19). The van der Waals surface area contributed by atoms with Crippen molar-refractivity contribution in [2.75, 3.05) is 32.8 Å². The number of likely N-dealkylation sites (tertiary alicyclic amines) is 1. The van der Waals surface area contributed by atoms with Gasteiger partial charge >= 0.3 is 12.0 Å². The Kier molecular flexibility index (Phi) is 5.85. The zero-order valence-electron chi connectivity index (χ0n) is 12.8. The predicted molar refractivity (Wildman–Crippen MR) is 78.2 cm³/mol. The molecule has 2 fully saturated rings. The van der Waals surface area contributed by atoms with E-state index in [0.717, 1.165) is 25.9 Å². The second kappa shape index (κ2) is 7.64. The topological polar surface area (TPSA) is 70.1 Å². The number of carbonyl (C=O) groups is 2. The van der Waals surface area contributed by atoms with E-state index in [9.17, 15) is 9.59 Å². The first kappa shape index (κ1) is 16.1. The van der Waals surface area contributed by atoms with Crippen molar-refractivity contribution < 1.29 is 19.4 Å². The summed E-state index contributed by atoms with van der Waals surface area (Å²) in [6.07, 6.45) is 5.19. The molecule has 2 aliphatic rings. The Bertz CT molecular complexity index is 363. The molecule has 0 radical (unpaired) electrons. The normalized spacial score (nSPS) is 20.1. The minimum Gasteiger partial charge on any atom is -0.480 e. The number of aliphatic carboxylic acids is 1. The molecule has 6 nitrogen and oxygen atoms in total. The molecule has 1 saturated heterocycles. The highest BCUT2D eigenvalue weighted by Gasteiger charge is 2.28. The Morgan fingerprint density at radius 3 is 2.38 bits per heavy atom. The van der Waals surface area contributed by atoms with Gasteiger partial charge in [-0.3, -0.25) is 0 Å². The molecule has 0 aromatic carbocycles. The molecule has 6 heteroatoms. The van der Waals surface area contributed by atoms with Gasteiger partial charge in [-0.05, 0) is 38.5 Å². The van der Waals surface area contributed by atoms with E-state index in [2.05, 4.69) is 0 Å². The zero-order chi connectivity index (χ0) is 15.2. The number of rotatable bonds is 6. The van der Waals surface area contributed by atoms with Crippen LogP contribution in [0.25, 0.3) is 0 Å². The summed E-state index contributed by atoms with van der Waals surface area (Å²) in [4.78, 5) is 26.8. The van der Waals surface area contributed by atoms with E-state index in [1.54, 1.807) is 0 Å². The Balaban J connectivity index is 1.74. The van der Waals surface area contributed by atoms with Crippen molar-refractivity contribution in [1.29, 1.82) is 0 Å². The molecule has 1 aliphatic heterocycles. The quantitative estimate of drug-likeness (QED) is 0.811. The molecule has 0 bridgehead atoms. The highest BCUT2D eigenvalue weighted by Crippen LogP contribution is 2.27. The lowest BCUT2D eigenvalue weighted by Crippen LogP contribution is -2.49. The Morgan fingerprint density at radius 1 is 1.24 bits per heavy atom. The van der Waals surface area contributed by atoms with Crippen molar-refractivity contribution in [3.63, 3.8) is 0 Å². The number of carboxylic acids is 1. The van der Waals surface area contributed by atoms with E-state index in [1.165, 1.54) is 19.3 Å². The van der Waals surface area contributed by atoms with Gasteiger partial charge in [-0.25, -0.2) is 9.59 Å². The van der Waals surface area contributed by atoms with E-state index < -0.39 is 5.97 Å². The fraction of sp³-hybridized carbons (Fsp3) is 0.867. The lowest BCUT2D eigenvalue weighted by Gasteiger charge is -2.38. The van der Waals surface area contributed by atoms with Crippen molar-refractivity contribution in [1.82, 2.24) is 9.80 Å². The molecule has 0 aromatic rings. The fourth-order valence-electron chi connectivity index (χ4n) is 2.93. The van der Waals surface area contributed by atoms with Gasteiger partial charge in [-0.15, -0.1) is 0 Å². The molecule has 1 heterocycles. The molecule has 2 amide bonds.